The summed E-state index contributed by atoms with van der Waals surface area (Å²) in [6, 6.07) is 0. The van der Waals surface area contributed by atoms with Crippen LogP contribution in [0.2, 0.25) is 0 Å². The minimum Gasteiger partial charge on any atom is -0.352 e. The number of hydrogen-bond donors (Lipinski definition) is 1. The number of carbonyl (C=O) groups is 1. The average Bonchev–Trinajstić information content (AvgIpc) is 2.20. The van der Waals surface area contributed by atoms with Crippen molar-refractivity contribution in [1.82, 2.24) is 5.32 Å². The fourth-order valence-electron chi connectivity index (χ4n) is 1.47. The van der Waals surface area contributed by atoms with E-state index < -0.39 is 0 Å². The van der Waals surface area contributed by atoms with Crippen LogP contribution in [0.3, 0.4) is 0 Å². The van der Waals surface area contributed by atoms with Crippen LogP contribution >= 0.6 is 0 Å². The lowest BCUT2D eigenvalue weighted by Gasteiger charge is -2.30. The first-order chi connectivity index (χ1) is 6.14. The lowest BCUT2D eigenvalue weighted by atomic mass is 9.80. The summed E-state index contributed by atoms with van der Waals surface area (Å²) in [5, 5.41) is 2.87. The summed E-state index contributed by atoms with van der Waals surface area (Å²) in [5.41, 5.74) is 0.276. The zero-order chi connectivity index (χ0) is 10.3. The number of nitrogens with one attached hydrogen (secondary N) is 1. The van der Waals surface area contributed by atoms with Crippen molar-refractivity contribution in [3.63, 3.8) is 0 Å². The van der Waals surface area contributed by atoms with Gasteiger partial charge in [-0.25, -0.2) is 0 Å². The van der Waals surface area contributed by atoms with E-state index in [-0.39, 0.29) is 11.3 Å². The Morgan fingerprint density at radius 3 is 2.08 bits per heavy atom. The molecule has 2 heteroatoms. The number of hydrogen-bond acceptors (Lipinski definition) is 1. The van der Waals surface area contributed by atoms with E-state index in [0.717, 1.165) is 25.8 Å². The standard InChI is InChI=1S/C11H21NO/c1-5-10(13)12-9-11(6-2,7-3)8-4/h5H,1,6-9H2,2-4H3,(H,12,13). The van der Waals surface area contributed by atoms with Gasteiger partial charge < -0.3 is 5.32 Å². The Bertz CT molecular complexity index is 163. The molecule has 0 aromatic rings. The van der Waals surface area contributed by atoms with Crippen molar-refractivity contribution in [1.29, 1.82) is 0 Å². The van der Waals surface area contributed by atoms with Crippen molar-refractivity contribution >= 4 is 5.91 Å². The Hall–Kier alpha value is -0.790. The molecule has 0 aliphatic carbocycles. The van der Waals surface area contributed by atoms with Gasteiger partial charge in [0, 0.05) is 6.54 Å². The highest BCUT2D eigenvalue weighted by Gasteiger charge is 2.23. The zero-order valence-electron chi connectivity index (χ0n) is 9.02. The van der Waals surface area contributed by atoms with Gasteiger partial charge in [0.15, 0.2) is 0 Å². The molecule has 0 aliphatic heterocycles. The Kier molecular flexibility index (Phi) is 5.44. The van der Waals surface area contributed by atoms with Crippen LogP contribution in [0.1, 0.15) is 40.0 Å². The Labute approximate surface area is 81.4 Å². The van der Waals surface area contributed by atoms with Crippen molar-refractivity contribution in [2.75, 3.05) is 6.54 Å². The van der Waals surface area contributed by atoms with Crippen LogP contribution in [0.25, 0.3) is 0 Å². The topological polar surface area (TPSA) is 29.1 Å². The Balaban J connectivity index is 4.09. The van der Waals surface area contributed by atoms with Gasteiger partial charge in [-0.2, -0.15) is 0 Å². The molecule has 2 nitrogen and oxygen atoms in total. The Morgan fingerprint density at radius 2 is 1.77 bits per heavy atom. The lowest BCUT2D eigenvalue weighted by molar-refractivity contribution is -0.117. The first-order valence-electron chi connectivity index (χ1n) is 5.04. The molecular weight excluding hydrogens is 162 g/mol. The maximum Gasteiger partial charge on any atom is 0.243 e. The fourth-order valence-corrected chi connectivity index (χ4v) is 1.47. The van der Waals surface area contributed by atoms with E-state index in [2.05, 4.69) is 32.7 Å². The fraction of sp³-hybridized carbons (Fsp3) is 0.727. The largest absolute Gasteiger partial charge is 0.352 e. The van der Waals surface area contributed by atoms with Gasteiger partial charge in [-0.15, -0.1) is 0 Å². The molecule has 0 bridgehead atoms. The lowest BCUT2D eigenvalue weighted by Crippen LogP contribution is -2.35. The molecule has 0 aromatic heterocycles. The van der Waals surface area contributed by atoms with Crippen molar-refractivity contribution in [3.8, 4) is 0 Å². The second kappa shape index (κ2) is 5.79. The van der Waals surface area contributed by atoms with E-state index in [1.54, 1.807) is 0 Å². The molecule has 0 saturated heterocycles. The average molecular weight is 183 g/mol. The highest BCUT2D eigenvalue weighted by molar-refractivity contribution is 5.86. The van der Waals surface area contributed by atoms with Crippen LogP contribution in [0.4, 0.5) is 0 Å². The van der Waals surface area contributed by atoms with Crippen LogP contribution in [0.15, 0.2) is 12.7 Å². The van der Waals surface area contributed by atoms with Gasteiger partial charge in [0.2, 0.25) is 5.91 Å². The van der Waals surface area contributed by atoms with Crippen molar-refractivity contribution < 1.29 is 4.79 Å². The maximum absolute atomic E-state index is 11.0. The molecule has 13 heavy (non-hydrogen) atoms. The minimum atomic E-state index is -0.0697. The van der Waals surface area contributed by atoms with Crippen molar-refractivity contribution in [3.05, 3.63) is 12.7 Å². The van der Waals surface area contributed by atoms with Gasteiger partial charge in [-0.1, -0.05) is 27.4 Å². The van der Waals surface area contributed by atoms with Crippen molar-refractivity contribution in [2.24, 2.45) is 5.41 Å². The smallest absolute Gasteiger partial charge is 0.243 e. The van der Waals surface area contributed by atoms with Crippen LogP contribution < -0.4 is 5.32 Å². The second-order valence-corrected chi connectivity index (χ2v) is 3.48. The van der Waals surface area contributed by atoms with E-state index in [0.29, 0.717) is 0 Å². The highest BCUT2D eigenvalue weighted by atomic mass is 16.1. The van der Waals surface area contributed by atoms with E-state index in [1.807, 2.05) is 0 Å². The zero-order valence-corrected chi connectivity index (χ0v) is 9.02. The van der Waals surface area contributed by atoms with Crippen LogP contribution in [0, 0.1) is 5.41 Å². The molecule has 0 atom stereocenters. The maximum atomic E-state index is 11.0. The predicted octanol–water partition coefficient (Wildman–Crippen LogP) is 2.51. The third-order valence-electron chi connectivity index (χ3n) is 3.07. The summed E-state index contributed by atoms with van der Waals surface area (Å²) in [6.07, 6.45) is 4.65. The molecule has 0 aromatic carbocycles. The molecule has 0 saturated carbocycles. The van der Waals surface area contributed by atoms with Crippen LogP contribution in [0.5, 0.6) is 0 Å². The van der Waals surface area contributed by atoms with Crippen LogP contribution in [-0.4, -0.2) is 12.5 Å². The summed E-state index contributed by atoms with van der Waals surface area (Å²) in [5.74, 6) is -0.0697. The van der Waals surface area contributed by atoms with Gasteiger partial charge in [0.1, 0.15) is 0 Å². The van der Waals surface area contributed by atoms with E-state index in [4.69, 9.17) is 0 Å². The molecule has 0 spiro atoms. The second-order valence-electron chi connectivity index (χ2n) is 3.48. The van der Waals surface area contributed by atoms with Crippen molar-refractivity contribution in [2.45, 2.75) is 40.0 Å². The number of carbonyl (C=O) groups excluding carboxylic acids is 1. The van der Waals surface area contributed by atoms with Crippen LogP contribution in [-0.2, 0) is 4.79 Å². The molecule has 0 rings (SSSR count). The first-order valence-corrected chi connectivity index (χ1v) is 5.04. The third-order valence-corrected chi connectivity index (χ3v) is 3.07. The van der Waals surface area contributed by atoms with E-state index >= 15 is 0 Å². The van der Waals surface area contributed by atoms with Gasteiger partial charge in [0.05, 0.1) is 0 Å². The number of rotatable bonds is 6. The summed E-state index contributed by atoms with van der Waals surface area (Å²) in [6.45, 7) is 10.7. The highest BCUT2D eigenvalue weighted by Crippen LogP contribution is 2.29. The SMILES string of the molecule is C=CC(=O)NCC(CC)(CC)CC. The molecular formula is C11H21NO. The number of amides is 1. The van der Waals surface area contributed by atoms with Gasteiger partial charge in [-0.05, 0) is 30.8 Å². The minimum absolute atomic E-state index is 0.0697. The molecule has 1 N–H and O–H groups in total. The third kappa shape index (κ3) is 3.62. The first kappa shape index (κ1) is 12.2. The Morgan fingerprint density at radius 1 is 1.31 bits per heavy atom. The predicted molar refractivity (Wildman–Crippen MR) is 56.5 cm³/mol. The molecule has 76 valence electrons. The quantitative estimate of drug-likeness (QED) is 0.630. The summed E-state index contributed by atoms with van der Waals surface area (Å²) in [7, 11) is 0. The molecule has 1 amide bonds. The monoisotopic (exact) mass is 183 g/mol. The molecule has 0 aliphatic rings. The molecule has 0 heterocycles. The van der Waals surface area contributed by atoms with Gasteiger partial charge >= 0.3 is 0 Å². The summed E-state index contributed by atoms with van der Waals surface area (Å²) < 4.78 is 0. The van der Waals surface area contributed by atoms with E-state index in [1.165, 1.54) is 6.08 Å². The van der Waals surface area contributed by atoms with E-state index in [9.17, 15) is 4.79 Å². The molecule has 0 radical (unpaired) electrons. The molecule has 0 unspecified atom stereocenters. The van der Waals surface area contributed by atoms with Gasteiger partial charge in [0.25, 0.3) is 0 Å². The summed E-state index contributed by atoms with van der Waals surface area (Å²) in [4.78, 5) is 11.0. The van der Waals surface area contributed by atoms with Gasteiger partial charge in [-0.3, -0.25) is 4.79 Å². The molecule has 0 fully saturated rings. The summed E-state index contributed by atoms with van der Waals surface area (Å²) >= 11 is 0. The normalized spacial score (nSPS) is 11.0.